The lowest BCUT2D eigenvalue weighted by Crippen LogP contribution is -2.47. The fourth-order valence-corrected chi connectivity index (χ4v) is 4.13. The zero-order chi connectivity index (χ0) is 11.6. The van der Waals surface area contributed by atoms with Gasteiger partial charge in [0, 0.05) is 6.54 Å². The van der Waals surface area contributed by atoms with Gasteiger partial charge in [-0.1, -0.05) is 6.07 Å². The van der Waals surface area contributed by atoms with Crippen LogP contribution in [0, 0.1) is 11.3 Å². The van der Waals surface area contributed by atoms with Crippen LogP contribution in [-0.2, 0) is 14.8 Å². The molecule has 1 aromatic rings. The Morgan fingerprint density at radius 3 is 3.06 bits per heavy atom. The molecule has 0 aromatic carbocycles. The molecule has 0 N–H and O–H groups in total. The molecule has 0 spiro atoms. The maximum atomic E-state index is 12.1. The van der Waals surface area contributed by atoms with Crippen LogP contribution in [0.5, 0.6) is 0 Å². The molecule has 2 rings (SSSR count). The molecule has 0 amide bonds. The molecule has 1 aliphatic heterocycles. The van der Waals surface area contributed by atoms with Crippen LogP contribution in [0.2, 0.25) is 0 Å². The maximum Gasteiger partial charge on any atom is 0.253 e. The van der Waals surface area contributed by atoms with Gasteiger partial charge in [0.05, 0.1) is 19.3 Å². The molecule has 1 aromatic heterocycles. The largest absolute Gasteiger partial charge is 0.377 e. The van der Waals surface area contributed by atoms with Gasteiger partial charge in [-0.2, -0.15) is 9.57 Å². The Balaban J connectivity index is 2.33. The number of rotatable bonds is 2. The van der Waals surface area contributed by atoms with Gasteiger partial charge >= 0.3 is 0 Å². The van der Waals surface area contributed by atoms with Gasteiger partial charge in [-0.25, -0.2) is 8.42 Å². The Morgan fingerprint density at radius 1 is 1.62 bits per heavy atom. The highest BCUT2D eigenvalue weighted by molar-refractivity contribution is 7.91. The molecule has 7 heteroatoms. The Bertz CT molecular complexity index is 489. The van der Waals surface area contributed by atoms with Crippen molar-refractivity contribution in [3.05, 3.63) is 17.5 Å². The van der Waals surface area contributed by atoms with Crippen LogP contribution in [0.15, 0.2) is 21.7 Å². The van der Waals surface area contributed by atoms with Crippen molar-refractivity contribution in [3.63, 3.8) is 0 Å². The van der Waals surface area contributed by atoms with E-state index in [1.807, 2.05) is 6.07 Å². The summed E-state index contributed by atoms with van der Waals surface area (Å²) < 4.78 is 30.9. The molecule has 1 fully saturated rings. The van der Waals surface area contributed by atoms with Crippen molar-refractivity contribution in [1.29, 1.82) is 5.26 Å². The third kappa shape index (κ3) is 1.97. The zero-order valence-electron chi connectivity index (χ0n) is 8.37. The number of sulfonamides is 1. The van der Waals surface area contributed by atoms with Crippen molar-refractivity contribution in [2.45, 2.75) is 10.3 Å². The number of hydrogen-bond acceptors (Lipinski definition) is 5. The van der Waals surface area contributed by atoms with Gasteiger partial charge < -0.3 is 4.74 Å². The lowest BCUT2D eigenvalue weighted by Gasteiger charge is -2.29. The van der Waals surface area contributed by atoms with Crippen molar-refractivity contribution in [2.24, 2.45) is 0 Å². The van der Waals surface area contributed by atoms with E-state index in [1.54, 1.807) is 17.5 Å². The molecule has 1 saturated heterocycles. The Labute approximate surface area is 97.9 Å². The first-order chi connectivity index (χ1) is 7.66. The van der Waals surface area contributed by atoms with Crippen LogP contribution in [0.4, 0.5) is 0 Å². The fraction of sp³-hybridized carbons (Fsp3) is 0.444. The normalized spacial score (nSPS) is 22.8. The summed E-state index contributed by atoms with van der Waals surface area (Å²) in [5, 5.41) is 10.6. The van der Waals surface area contributed by atoms with Crippen molar-refractivity contribution in [2.75, 3.05) is 19.8 Å². The quantitative estimate of drug-likeness (QED) is 0.781. The van der Waals surface area contributed by atoms with Gasteiger partial charge in [0.1, 0.15) is 10.3 Å². The fourth-order valence-electron chi connectivity index (χ4n) is 1.50. The minimum Gasteiger partial charge on any atom is -0.377 e. The van der Waals surface area contributed by atoms with Gasteiger partial charge in [0.25, 0.3) is 10.0 Å². The standard InChI is InChI=1S/C9H10N2O3S2/c10-6-8-7-14-4-3-11(8)16(12,13)9-2-1-5-15-9/h1-2,5,8H,3-4,7H2/t8-/m1/s1. The minimum absolute atomic E-state index is 0.140. The van der Waals surface area contributed by atoms with Crippen LogP contribution >= 0.6 is 11.3 Å². The molecule has 0 radical (unpaired) electrons. The first-order valence-corrected chi connectivity index (χ1v) is 7.01. The van der Waals surface area contributed by atoms with Crippen molar-refractivity contribution in [1.82, 2.24) is 4.31 Å². The second-order valence-corrected chi connectivity index (χ2v) is 6.33. The average Bonchev–Trinajstić information content (AvgIpc) is 2.83. The number of ether oxygens (including phenoxy) is 1. The molecule has 0 saturated carbocycles. The molecule has 16 heavy (non-hydrogen) atoms. The molecular formula is C9H10N2O3S2. The summed E-state index contributed by atoms with van der Waals surface area (Å²) in [4.78, 5) is 0. The van der Waals surface area contributed by atoms with E-state index in [9.17, 15) is 8.42 Å². The van der Waals surface area contributed by atoms with E-state index >= 15 is 0 Å². The van der Waals surface area contributed by atoms with E-state index in [4.69, 9.17) is 10.00 Å². The summed E-state index contributed by atoms with van der Waals surface area (Å²) >= 11 is 1.16. The van der Waals surface area contributed by atoms with Crippen LogP contribution in [0.25, 0.3) is 0 Å². The molecule has 0 aliphatic carbocycles. The lowest BCUT2D eigenvalue weighted by molar-refractivity contribution is 0.0512. The summed E-state index contributed by atoms with van der Waals surface area (Å²) in [6.07, 6.45) is 0. The third-order valence-electron chi connectivity index (χ3n) is 2.29. The molecule has 1 atom stereocenters. The summed E-state index contributed by atoms with van der Waals surface area (Å²) in [5.74, 6) is 0. The van der Waals surface area contributed by atoms with E-state index in [1.165, 1.54) is 4.31 Å². The van der Waals surface area contributed by atoms with Crippen LogP contribution in [0.1, 0.15) is 0 Å². The van der Waals surface area contributed by atoms with Gasteiger partial charge in [-0.05, 0) is 11.4 Å². The third-order valence-corrected chi connectivity index (χ3v) is 5.57. The Hall–Kier alpha value is -0.940. The number of thiophene rings is 1. The van der Waals surface area contributed by atoms with Crippen LogP contribution in [0.3, 0.4) is 0 Å². The highest BCUT2D eigenvalue weighted by Gasteiger charge is 2.34. The second-order valence-electron chi connectivity index (χ2n) is 3.27. The van der Waals surface area contributed by atoms with E-state index < -0.39 is 16.1 Å². The molecule has 1 aliphatic rings. The van der Waals surface area contributed by atoms with Gasteiger partial charge in [-0.15, -0.1) is 11.3 Å². The maximum absolute atomic E-state index is 12.1. The first kappa shape index (κ1) is 11.5. The van der Waals surface area contributed by atoms with E-state index in [0.717, 1.165) is 11.3 Å². The number of hydrogen-bond donors (Lipinski definition) is 0. The monoisotopic (exact) mass is 258 g/mol. The second kappa shape index (κ2) is 4.51. The molecule has 0 unspecified atom stereocenters. The van der Waals surface area contributed by atoms with E-state index in [-0.39, 0.29) is 17.4 Å². The summed E-state index contributed by atoms with van der Waals surface area (Å²) in [7, 11) is -3.53. The topological polar surface area (TPSA) is 70.4 Å². The lowest BCUT2D eigenvalue weighted by atomic mass is 10.3. The summed E-state index contributed by atoms with van der Waals surface area (Å²) in [6, 6.07) is 4.45. The van der Waals surface area contributed by atoms with Gasteiger partial charge in [-0.3, -0.25) is 0 Å². The van der Waals surface area contributed by atoms with Crippen LogP contribution < -0.4 is 0 Å². The average molecular weight is 258 g/mol. The molecular weight excluding hydrogens is 248 g/mol. The van der Waals surface area contributed by atoms with Crippen molar-refractivity contribution < 1.29 is 13.2 Å². The van der Waals surface area contributed by atoms with Gasteiger partial charge in [0.15, 0.2) is 0 Å². The summed E-state index contributed by atoms with van der Waals surface area (Å²) in [5.41, 5.74) is 0. The van der Waals surface area contributed by atoms with Gasteiger partial charge in [0.2, 0.25) is 0 Å². The molecule has 2 heterocycles. The number of morpholine rings is 1. The van der Waals surface area contributed by atoms with Crippen LogP contribution in [-0.4, -0.2) is 38.5 Å². The van der Waals surface area contributed by atoms with E-state index in [2.05, 4.69) is 0 Å². The Morgan fingerprint density at radius 2 is 2.44 bits per heavy atom. The highest BCUT2D eigenvalue weighted by atomic mass is 32.2. The zero-order valence-corrected chi connectivity index (χ0v) is 10.00. The molecule has 86 valence electrons. The minimum atomic E-state index is -3.53. The van der Waals surface area contributed by atoms with E-state index in [0.29, 0.717) is 6.61 Å². The van der Waals surface area contributed by atoms with Crippen molar-refractivity contribution in [3.8, 4) is 6.07 Å². The Kier molecular flexibility index (Phi) is 3.25. The smallest absolute Gasteiger partial charge is 0.253 e. The predicted molar refractivity (Wildman–Crippen MR) is 58.4 cm³/mol. The summed E-state index contributed by atoms with van der Waals surface area (Å²) in [6.45, 7) is 0.711. The number of nitriles is 1. The predicted octanol–water partition coefficient (Wildman–Crippen LogP) is 0.661. The van der Waals surface area contributed by atoms with Crippen molar-refractivity contribution >= 4 is 21.4 Å². The first-order valence-electron chi connectivity index (χ1n) is 4.69. The SMILES string of the molecule is N#C[C@@H]1COCCN1S(=O)(=O)c1cccs1. The molecule has 0 bridgehead atoms. The molecule has 5 nitrogen and oxygen atoms in total. The number of nitrogens with zero attached hydrogens (tertiary/aromatic N) is 2. The highest BCUT2D eigenvalue weighted by Crippen LogP contribution is 2.23.